The Morgan fingerprint density at radius 3 is 2.78 bits per heavy atom. The van der Waals surface area contributed by atoms with Gasteiger partial charge in [0, 0.05) is 38.0 Å². The highest BCUT2D eigenvalue weighted by atomic mass is 19.1. The number of amides is 2. The molecule has 0 unspecified atom stereocenters. The molecule has 0 saturated heterocycles. The number of nitrogens with one attached hydrogen (secondary N) is 3. The van der Waals surface area contributed by atoms with Crippen LogP contribution in [-0.4, -0.2) is 51.5 Å². The Balaban J connectivity index is 1.87. The molecule has 8 heteroatoms. The summed E-state index contributed by atoms with van der Waals surface area (Å²) in [7, 11) is 3.14. The lowest BCUT2D eigenvalue weighted by molar-refractivity contribution is 0.199. The molecule has 0 atom stereocenters. The Morgan fingerprint density at radius 2 is 2.00 bits per heavy atom. The van der Waals surface area contributed by atoms with Gasteiger partial charge in [-0.3, -0.25) is 5.32 Å². The monoisotopic (exact) mass is 376 g/mol. The minimum atomic E-state index is -0.376. The number of anilines is 1. The van der Waals surface area contributed by atoms with Crippen molar-refractivity contribution in [3.8, 4) is 16.9 Å². The largest absolute Gasteiger partial charge is 0.496 e. The normalized spacial score (nSPS) is 10.5. The lowest BCUT2D eigenvalue weighted by Crippen LogP contribution is -2.32. The van der Waals surface area contributed by atoms with Crippen molar-refractivity contribution >= 4 is 11.8 Å². The first kappa shape index (κ1) is 20.6. The number of methoxy groups -OCH3 is 2. The third-order valence-electron chi connectivity index (χ3n) is 3.77. The molecule has 0 saturated carbocycles. The molecule has 0 aliphatic heterocycles. The summed E-state index contributed by atoms with van der Waals surface area (Å²) in [4.78, 5) is 16.1. The van der Waals surface area contributed by atoms with E-state index in [2.05, 4.69) is 20.9 Å². The Hall–Kier alpha value is -2.71. The van der Waals surface area contributed by atoms with Crippen molar-refractivity contribution < 1.29 is 18.7 Å². The van der Waals surface area contributed by atoms with Crippen LogP contribution in [-0.2, 0) is 4.74 Å². The van der Waals surface area contributed by atoms with Crippen molar-refractivity contribution in [1.29, 1.82) is 0 Å². The molecule has 2 rings (SSSR count). The third kappa shape index (κ3) is 6.84. The van der Waals surface area contributed by atoms with Gasteiger partial charge in [-0.25, -0.2) is 14.2 Å². The molecule has 146 valence electrons. The Kier molecular flexibility index (Phi) is 8.47. The van der Waals surface area contributed by atoms with E-state index in [0.29, 0.717) is 30.3 Å². The minimum Gasteiger partial charge on any atom is -0.496 e. The van der Waals surface area contributed by atoms with Gasteiger partial charge in [-0.05, 0) is 42.8 Å². The van der Waals surface area contributed by atoms with Crippen LogP contribution in [0.4, 0.5) is 15.0 Å². The number of rotatable bonds is 10. The van der Waals surface area contributed by atoms with Gasteiger partial charge in [0.1, 0.15) is 17.4 Å². The summed E-state index contributed by atoms with van der Waals surface area (Å²) in [5.74, 6) is 0.436. The van der Waals surface area contributed by atoms with Gasteiger partial charge in [-0.2, -0.15) is 0 Å². The maximum absolute atomic E-state index is 13.4. The number of carbonyl (C=O) groups is 1. The number of urea groups is 1. The predicted molar refractivity (Wildman–Crippen MR) is 103 cm³/mol. The number of nitrogens with zero attached hydrogens (tertiary/aromatic N) is 1. The van der Waals surface area contributed by atoms with E-state index >= 15 is 0 Å². The third-order valence-corrected chi connectivity index (χ3v) is 3.77. The van der Waals surface area contributed by atoms with Gasteiger partial charge >= 0.3 is 6.03 Å². The number of ether oxygens (including phenoxy) is 2. The first-order valence-electron chi connectivity index (χ1n) is 8.68. The number of aromatic nitrogens is 1. The molecular weight excluding hydrogens is 351 g/mol. The second kappa shape index (κ2) is 11.1. The van der Waals surface area contributed by atoms with E-state index in [1.807, 2.05) is 0 Å². The second-order valence-electron chi connectivity index (χ2n) is 5.75. The Labute approximate surface area is 158 Å². The van der Waals surface area contributed by atoms with Crippen LogP contribution in [0.3, 0.4) is 0 Å². The molecule has 2 aromatic rings. The topological polar surface area (TPSA) is 84.5 Å². The van der Waals surface area contributed by atoms with Gasteiger partial charge in [0.15, 0.2) is 0 Å². The summed E-state index contributed by atoms with van der Waals surface area (Å²) in [6.45, 7) is 2.78. The Morgan fingerprint density at radius 1 is 1.15 bits per heavy atom. The summed E-state index contributed by atoms with van der Waals surface area (Å²) in [6, 6.07) is 7.45. The minimum absolute atomic E-state index is 0.331. The zero-order valence-corrected chi connectivity index (χ0v) is 15.5. The van der Waals surface area contributed by atoms with Gasteiger partial charge in [-0.15, -0.1) is 0 Å². The van der Waals surface area contributed by atoms with E-state index in [4.69, 9.17) is 9.47 Å². The SMILES string of the molecule is COCCNCCCNC(=O)Nc1cc(-c2ccc(F)cc2OC)ccn1. The molecule has 0 radical (unpaired) electrons. The van der Waals surface area contributed by atoms with Gasteiger partial charge in [-0.1, -0.05) is 0 Å². The van der Waals surface area contributed by atoms with Gasteiger partial charge in [0.05, 0.1) is 13.7 Å². The molecule has 0 spiro atoms. The molecule has 27 heavy (non-hydrogen) atoms. The van der Waals surface area contributed by atoms with Gasteiger partial charge in [0.2, 0.25) is 0 Å². The van der Waals surface area contributed by atoms with Crippen LogP contribution in [0.2, 0.25) is 0 Å². The molecule has 3 N–H and O–H groups in total. The number of hydrogen-bond acceptors (Lipinski definition) is 5. The van der Waals surface area contributed by atoms with Crippen LogP contribution in [0.15, 0.2) is 36.5 Å². The van der Waals surface area contributed by atoms with Gasteiger partial charge < -0.3 is 20.1 Å². The number of pyridine rings is 1. The van der Waals surface area contributed by atoms with E-state index in [1.165, 1.54) is 19.2 Å². The molecule has 0 aliphatic carbocycles. The van der Waals surface area contributed by atoms with Crippen LogP contribution < -0.4 is 20.7 Å². The lowest BCUT2D eigenvalue weighted by atomic mass is 10.1. The number of benzene rings is 1. The highest BCUT2D eigenvalue weighted by Crippen LogP contribution is 2.31. The summed E-state index contributed by atoms with van der Waals surface area (Å²) in [6.07, 6.45) is 2.38. The first-order valence-corrected chi connectivity index (χ1v) is 8.68. The van der Waals surface area contributed by atoms with Crippen molar-refractivity contribution in [3.63, 3.8) is 0 Å². The van der Waals surface area contributed by atoms with E-state index in [1.54, 1.807) is 31.5 Å². The molecule has 0 fully saturated rings. The summed E-state index contributed by atoms with van der Waals surface area (Å²) in [5, 5.41) is 8.67. The van der Waals surface area contributed by atoms with Crippen molar-refractivity contribution in [1.82, 2.24) is 15.6 Å². The van der Waals surface area contributed by atoms with E-state index in [0.717, 1.165) is 25.1 Å². The fraction of sp³-hybridized carbons (Fsp3) is 0.368. The molecule has 0 aliphatic rings. The number of carbonyl (C=O) groups excluding carboxylic acids is 1. The highest BCUT2D eigenvalue weighted by molar-refractivity contribution is 5.89. The standard InChI is InChI=1S/C19H25FN4O3/c1-26-11-10-21-7-3-8-23-19(25)24-18-12-14(6-9-22-18)16-5-4-15(20)13-17(16)27-2/h4-6,9,12-13,21H,3,7-8,10-11H2,1-2H3,(H2,22,23,24,25). The van der Waals surface area contributed by atoms with Crippen molar-refractivity contribution in [2.75, 3.05) is 45.8 Å². The highest BCUT2D eigenvalue weighted by Gasteiger charge is 2.09. The van der Waals surface area contributed by atoms with Crippen LogP contribution in [0.1, 0.15) is 6.42 Å². The predicted octanol–water partition coefficient (Wildman–Crippen LogP) is 2.64. The maximum atomic E-state index is 13.4. The van der Waals surface area contributed by atoms with Crippen LogP contribution in [0.5, 0.6) is 5.75 Å². The van der Waals surface area contributed by atoms with Crippen molar-refractivity contribution in [3.05, 3.63) is 42.3 Å². The average molecular weight is 376 g/mol. The summed E-state index contributed by atoms with van der Waals surface area (Å²) in [5.41, 5.74) is 1.48. The Bertz CT molecular complexity index is 743. The van der Waals surface area contributed by atoms with Crippen LogP contribution >= 0.6 is 0 Å². The van der Waals surface area contributed by atoms with E-state index in [9.17, 15) is 9.18 Å². The zero-order chi connectivity index (χ0) is 19.5. The quantitative estimate of drug-likeness (QED) is 0.555. The van der Waals surface area contributed by atoms with Crippen molar-refractivity contribution in [2.24, 2.45) is 0 Å². The molecule has 0 bridgehead atoms. The average Bonchev–Trinajstić information content (AvgIpc) is 2.67. The molecule has 1 aromatic carbocycles. The van der Waals surface area contributed by atoms with Crippen LogP contribution in [0.25, 0.3) is 11.1 Å². The fourth-order valence-corrected chi connectivity index (χ4v) is 2.45. The summed E-state index contributed by atoms with van der Waals surface area (Å²) >= 11 is 0. The van der Waals surface area contributed by atoms with Gasteiger partial charge in [0.25, 0.3) is 0 Å². The molecule has 7 nitrogen and oxygen atoms in total. The molecule has 1 aromatic heterocycles. The zero-order valence-electron chi connectivity index (χ0n) is 15.5. The number of halogens is 1. The second-order valence-corrected chi connectivity index (χ2v) is 5.75. The van der Waals surface area contributed by atoms with E-state index in [-0.39, 0.29) is 11.8 Å². The fourth-order valence-electron chi connectivity index (χ4n) is 2.45. The summed E-state index contributed by atoms with van der Waals surface area (Å²) < 4.78 is 23.5. The first-order chi connectivity index (χ1) is 13.1. The maximum Gasteiger partial charge on any atom is 0.320 e. The van der Waals surface area contributed by atoms with Crippen LogP contribution in [0, 0.1) is 5.82 Å². The lowest BCUT2D eigenvalue weighted by Gasteiger charge is -2.11. The molecule has 2 amide bonds. The van der Waals surface area contributed by atoms with Crippen molar-refractivity contribution in [2.45, 2.75) is 6.42 Å². The smallest absolute Gasteiger partial charge is 0.320 e. The van der Waals surface area contributed by atoms with E-state index < -0.39 is 0 Å². The number of hydrogen-bond donors (Lipinski definition) is 3. The molecular formula is C19H25FN4O3. The molecule has 1 heterocycles.